The molecule has 0 saturated carbocycles. The van der Waals surface area contributed by atoms with E-state index in [1.807, 2.05) is 24.3 Å². The summed E-state index contributed by atoms with van der Waals surface area (Å²) in [5.74, 6) is -0.313. The summed E-state index contributed by atoms with van der Waals surface area (Å²) in [7, 11) is 1.67. The van der Waals surface area contributed by atoms with E-state index in [0.717, 1.165) is 11.3 Å². The first-order valence-electron chi connectivity index (χ1n) is 5.91. The van der Waals surface area contributed by atoms with E-state index in [-0.39, 0.29) is 5.97 Å². The molecule has 0 aliphatic carbocycles. The van der Waals surface area contributed by atoms with Crippen LogP contribution in [0, 0.1) is 0 Å². The number of carbonyl (C=O) groups excluding carboxylic acids is 1. The summed E-state index contributed by atoms with van der Waals surface area (Å²) in [5.41, 5.74) is 2.11. The minimum atomic E-state index is -0.313. The molecule has 1 rings (SSSR count). The van der Waals surface area contributed by atoms with Crippen molar-refractivity contribution in [3.8, 4) is 0 Å². The Balaban J connectivity index is 2.39. The monoisotopic (exact) mass is 249 g/mol. The highest BCUT2D eigenvalue weighted by Crippen LogP contribution is 2.10. The van der Waals surface area contributed by atoms with E-state index < -0.39 is 0 Å². The van der Waals surface area contributed by atoms with Gasteiger partial charge in [0, 0.05) is 25.4 Å². The van der Waals surface area contributed by atoms with Crippen molar-refractivity contribution in [2.24, 2.45) is 0 Å². The molecule has 1 N–H and O–H groups in total. The van der Waals surface area contributed by atoms with Gasteiger partial charge in [0.05, 0.1) is 13.2 Å². The third kappa shape index (κ3) is 5.50. The summed E-state index contributed by atoms with van der Waals surface area (Å²) in [6.45, 7) is 3.35. The van der Waals surface area contributed by atoms with Crippen molar-refractivity contribution in [2.45, 2.75) is 13.5 Å². The summed E-state index contributed by atoms with van der Waals surface area (Å²) >= 11 is 0. The number of ether oxygens (including phenoxy) is 2. The lowest BCUT2D eigenvalue weighted by Gasteiger charge is -2.05. The second kappa shape index (κ2) is 8.31. The Labute approximate surface area is 108 Å². The maximum absolute atomic E-state index is 11.0. The molecule has 0 aliphatic rings. The van der Waals surface area contributed by atoms with Gasteiger partial charge in [0.1, 0.15) is 0 Å². The second-order valence-corrected chi connectivity index (χ2v) is 3.67. The Morgan fingerprint density at radius 2 is 2.28 bits per heavy atom. The van der Waals surface area contributed by atoms with Gasteiger partial charge in [-0.2, -0.15) is 0 Å². The van der Waals surface area contributed by atoms with E-state index in [0.29, 0.717) is 19.8 Å². The number of benzene rings is 1. The lowest BCUT2D eigenvalue weighted by Crippen LogP contribution is -2.02. The van der Waals surface area contributed by atoms with E-state index in [2.05, 4.69) is 5.32 Å². The normalized spacial score (nSPS) is 10.6. The van der Waals surface area contributed by atoms with Gasteiger partial charge in [-0.25, -0.2) is 4.79 Å². The van der Waals surface area contributed by atoms with E-state index in [9.17, 15) is 4.79 Å². The van der Waals surface area contributed by atoms with Crippen molar-refractivity contribution in [1.82, 2.24) is 0 Å². The van der Waals surface area contributed by atoms with Gasteiger partial charge in [0.2, 0.25) is 0 Å². The molecule has 0 bridgehead atoms. The highest BCUT2D eigenvalue weighted by molar-refractivity contribution is 5.81. The summed E-state index contributed by atoms with van der Waals surface area (Å²) in [5, 5.41) is 3.19. The van der Waals surface area contributed by atoms with Crippen LogP contribution in [0.1, 0.15) is 12.5 Å². The van der Waals surface area contributed by atoms with Crippen LogP contribution < -0.4 is 5.32 Å². The topological polar surface area (TPSA) is 47.6 Å². The fraction of sp³-hybridized carbons (Fsp3) is 0.357. The first kappa shape index (κ1) is 14.3. The summed E-state index contributed by atoms with van der Waals surface area (Å²) in [6.07, 6.45) is 3.16. The number of methoxy groups -OCH3 is 1. The Bertz CT molecular complexity index is 402. The van der Waals surface area contributed by atoms with Crippen LogP contribution in [0.15, 0.2) is 36.4 Å². The predicted octanol–water partition coefficient (Wildman–Crippen LogP) is 2.36. The molecular formula is C14H19NO3. The fourth-order valence-electron chi connectivity index (χ4n) is 1.46. The summed E-state index contributed by atoms with van der Waals surface area (Å²) < 4.78 is 9.84. The first-order chi connectivity index (χ1) is 8.76. The lowest BCUT2D eigenvalue weighted by molar-refractivity contribution is -0.137. The molecule has 0 fully saturated rings. The Kier molecular flexibility index (Phi) is 6.58. The van der Waals surface area contributed by atoms with Crippen LogP contribution in [0.3, 0.4) is 0 Å². The number of hydrogen-bond donors (Lipinski definition) is 1. The zero-order valence-corrected chi connectivity index (χ0v) is 10.8. The van der Waals surface area contributed by atoms with Crippen LogP contribution >= 0.6 is 0 Å². The third-order valence-corrected chi connectivity index (χ3v) is 2.20. The van der Waals surface area contributed by atoms with Crippen molar-refractivity contribution in [2.75, 3.05) is 25.6 Å². The molecule has 0 spiro atoms. The van der Waals surface area contributed by atoms with E-state index in [1.54, 1.807) is 20.1 Å². The van der Waals surface area contributed by atoms with Gasteiger partial charge >= 0.3 is 5.97 Å². The molecule has 0 heterocycles. The molecular weight excluding hydrogens is 230 g/mol. The van der Waals surface area contributed by atoms with Gasteiger partial charge in [0.25, 0.3) is 0 Å². The van der Waals surface area contributed by atoms with Crippen molar-refractivity contribution >= 4 is 11.7 Å². The zero-order chi connectivity index (χ0) is 13.2. The minimum absolute atomic E-state index is 0.313. The Morgan fingerprint density at radius 3 is 3.00 bits per heavy atom. The highest BCUT2D eigenvalue weighted by Gasteiger charge is 1.95. The number of hydrogen-bond acceptors (Lipinski definition) is 4. The molecule has 0 unspecified atom stereocenters. The van der Waals surface area contributed by atoms with Gasteiger partial charge in [-0.05, 0) is 24.6 Å². The van der Waals surface area contributed by atoms with Crippen molar-refractivity contribution in [3.05, 3.63) is 42.0 Å². The largest absolute Gasteiger partial charge is 0.463 e. The average Bonchev–Trinajstić information content (AvgIpc) is 2.36. The van der Waals surface area contributed by atoms with E-state index in [1.165, 1.54) is 6.08 Å². The molecule has 0 aromatic heterocycles. The van der Waals surface area contributed by atoms with Gasteiger partial charge in [-0.3, -0.25) is 0 Å². The quantitative estimate of drug-likeness (QED) is 0.595. The number of carbonyl (C=O) groups is 1. The molecule has 4 heteroatoms. The van der Waals surface area contributed by atoms with Gasteiger partial charge in [0.15, 0.2) is 0 Å². The number of anilines is 1. The maximum Gasteiger partial charge on any atom is 0.330 e. The van der Waals surface area contributed by atoms with Crippen molar-refractivity contribution in [1.29, 1.82) is 0 Å². The van der Waals surface area contributed by atoms with Gasteiger partial charge in [-0.15, -0.1) is 0 Å². The average molecular weight is 249 g/mol. The molecule has 4 nitrogen and oxygen atoms in total. The number of nitrogens with one attached hydrogen (secondary N) is 1. The zero-order valence-electron chi connectivity index (χ0n) is 10.8. The number of rotatable bonds is 7. The highest BCUT2D eigenvalue weighted by atomic mass is 16.5. The molecule has 18 heavy (non-hydrogen) atoms. The molecule has 0 aliphatic heterocycles. The Morgan fingerprint density at radius 1 is 1.44 bits per heavy atom. The molecule has 1 aromatic rings. The molecule has 98 valence electrons. The molecule has 0 atom stereocenters. The van der Waals surface area contributed by atoms with Crippen LogP contribution in [-0.2, 0) is 20.9 Å². The fourth-order valence-corrected chi connectivity index (χ4v) is 1.46. The van der Waals surface area contributed by atoms with Crippen LogP contribution in [0.4, 0.5) is 5.69 Å². The lowest BCUT2D eigenvalue weighted by atomic mass is 10.2. The van der Waals surface area contributed by atoms with Crippen LogP contribution in [0.5, 0.6) is 0 Å². The van der Waals surface area contributed by atoms with Crippen LogP contribution in [-0.4, -0.2) is 26.2 Å². The first-order valence-corrected chi connectivity index (χ1v) is 5.91. The summed E-state index contributed by atoms with van der Waals surface area (Å²) in [6, 6.07) is 7.95. The molecule has 1 aromatic carbocycles. The van der Waals surface area contributed by atoms with E-state index >= 15 is 0 Å². The third-order valence-electron chi connectivity index (χ3n) is 2.20. The summed E-state index contributed by atoms with van der Waals surface area (Å²) in [4.78, 5) is 11.0. The SMILES string of the molecule is CCOC(=O)/C=C/CNc1cccc(COC)c1. The van der Waals surface area contributed by atoms with Gasteiger partial charge in [-0.1, -0.05) is 18.2 Å². The van der Waals surface area contributed by atoms with Gasteiger partial charge < -0.3 is 14.8 Å². The van der Waals surface area contributed by atoms with Crippen molar-refractivity contribution < 1.29 is 14.3 Å². The molecule has 0 saturated heterocycles. The van der Waals surface area contributed by atoms with Crippen LogP contribution in [0.25, 0.3) is 0 Å². The van der Waals surface area contributed by atoms with Crippen molar-refractivity contribution in [3.63, 3.8) is 0 Å². The maximum atomic E-state index is 11.0. The van der Waals surface area contributed by atoms with Crippen LogP contribution in [0.2, 0.25) is 0 Å². The molecule has 0 radical (unpaired) electrons. The second-order valence-electron chi connectivity index (χ2n) is 3.67. The smallest absolute Gasteiger partial charge is 0.330 e. The standard InChI is InChI=1S/C14H19NO3/c1-3-18-14(16)8-5-9-15-13-7-4-6-12(10-13)11-17-2/h4-8,10,15H,3,9,11H2,1-2H3/b8-5+. The molecule has 0 amide bonds. The predicted molar refractivity (Wildman–Crippen MR) is 71.4 cm³/mol. The van der Waals surface area contributed by atoms with E-state index in [4.69, 9.17) is 9.47 Å². The number of esters is 1. The Hall–Kier alpha value is -1.81. The minimum Gasteiger partial charge on any atom is -0.463 e.